The van der Waals surface area contributed by atoms with Crippen LogP contribution in [0.15, 0.2) is 36.7 Å². The summed E-state index contributed by atoms with van der Waals surface area (Å²) in [5, 5.41) is 9.26. The second-order valence-corrected chi connectivity index (χ2v) is 4.17. The molecule has 2 atom stereocenters. The second-order valence-electron chi connectivity index (χ2n) is 4.17. The van der Waals surface area contributed by atoms with Gasteiger partial charge in [-0.2, -0.15) is 5.10 Å². The minimum absolute atomic E-state index is 0.201. The predicted molar refractivity (Wildman–Crippen MR) is 69.5 cm³/mol. The van der Waals surface area contributed by atoms with Crippen LogP contribution in [0.3, 0.4) is 0 Å². The van der Waals surface area contributed by atoms with Gasteiger partial charge in [-0.05, 0) is 26.0 Å². The number of para-hydroxylation sites is 1. The van der Waals surface area contributed by atoms with Crippen molar-refractivity contribution in [1.29, 1.82) is 0 Å². The Kier molecular flexibility index (Phi) is 4.12. The molecule has 1 amide bonds. The first kappa shape index (κ1) is 13.1. The van der Waals surface area contributed by atoms with E-state index in [1.54, 1.807) is 6.92 Å². The van der Waals surface area contributed by atoms with Crippen LogP contribution in [0.5, 0.6) is 5.75 Å². The number of nitrogens with zero attached hydrogens (tertiary/aromatic N) is 2. The maximum atomic E-state index is 12.0. The first-order valence-electron chi connectivity index (χ1n) is 6.04. The van der Waals surface area contributed by atoms with Crippen molar-refractivity contribution in [2.75, 3.05) is 0 Å². The number of benzene rings is 1. The Balaban J connectivity index is 1.89. The highest BCUT2D eigenvalue weighted by molar-refractivity contribution is 5.81. The zero-order chi connectivity index (χ0) is 13.7. The summed E-state index contributed by atoms with van der Waals surface area (Å²) in [4.78, 5) is 15.9. The van der Waals surface area contributed by atoms with E-state index >= 15 is 0 Å². The van der Waals surface area contributed by atoms with E-state index in [-0.39, 0.29) is 11.9 Å². The number of nitrogens with one attached hydrogen (secondary N) is 2. The van der Waals surface area contributed by atoms with Crippen LogP contribution in [-0.2, 0) is 4.79 Å². The van der Waals surface area contributed by atoms with Crippen LogP contribution in [0, 0.1) is 0 Å². The SMILES string of the molecule is CC(Oc1ccccc1)C(=O)NC(C)c1ncn[nH]1. The number of rotatable bonds is 5. The molecule has 0 saturated carbocycles. The number of carbonyl (C=O) groups is 1. The van der Waals surface area contributed by atoms with Gasteiger partial charge in [0.2, 0.25) is 0 Å². The van der Waals surface area contributed by atoms with Crippen molar-refractivity contribution in [2.24, 2.45) is 0 Å². The lowest BCUT2D eigenvalue weighted by Gasteiger charge is -2.17. The van der Waals surface area contributed by atoms with Crippen molar-refractivity contribution in [3.8, 4) is 5.75 Å². The third kappa shape index (κ3) is 3.54. The van der Waals surface area contributed by atoms with E-state index in [2.05, 4.69) is 20.5 Å². The normalized spacial score (nSPS) is 13.6. The third-order valence-corrected chi connectivity index (χ3v) is 2.63. The van der Waals surface area contributed by atoms with Gasteiger partial charge in [-0.3, -0.25) is 9.89 Å². The molecule has 2 unspecified atom stereocenters. The highest BCUT2D eigenvalue weighted by atomic mass is 16.5. The number of aromatic nitrogens is 3. The first-order valence-corrected chi connectivity index (χ1v) is 6.04. The van der Waals surface area contributed by atoms with Crippen LogP contribution < -0.4 is 10.1 Å². The molecule has 0 radical (unpaired) electrons. The Labute approximate surface area is 111 Å². The van der Waals surface area contributed by atoms with Gasteiger partial charge in [-0.15, -0.1) is 0 Å². The molecule has 19 heavy (non-hydrogen) atoms. The van der Waals surface area contributed by atoms with Crippen molar-refractivity contribution >= 4 is 5.91 Å². The smallest absolute Gasteiger partial charge is 0.261 e. The van der Waals surface area contributed by atoms with Gasteiger partial charge in [0.05, 0.1) is 6.04 Å². The quantitative estimate of drug-likeness (QED) is 0.852. The van der Waals surface area contributed by atoms with Crippen LogP contribution in [-0.4, -0.2) is 27.2 Å². The standard InChI is InChI=1S/C13H16N4O2/c1-9(12-14-8-15-17-12)16-13(18)10(2)19-11-6-4-3-5-7-11/h3-10H,1-2H3,(H,16,18)(H,14,15,17). The number of ether oxygens (including phenoxy) is 1. The number of hydrogen-bond donors (Lipinski definition) is 2. The van der Waals surface area contributed by atoms with Crippen molar-refractivity contribution in [3.05, 3.63) is 42.5 Å². The summed E-state index contributed by atoms with van der Waals surface area (Å²) in [6, 6.07) is 8.99. The molecular formula is C13H16N4O2. The van der Waals surface area contributed by atoms with E-state index in [9.17, 15) is 4.79 Å². The number of carbonyl (C=O) groups excluding carboxylic acids is 1. The summed E-state index contributed by atoms with van der Waals surface area (Å²) in [5.41, 5.74) is 0. The summed E-state index contributed by atoms with van der Waals surface area (Å²) in [7, 11) is 0. The minimum Gasteiger partial charge on any atom is -0.481 e. The molecule has 0 aliphatic rings. The number of H-pyrrole nitrogens is 1. The van der Waals surface area contributed by atoms with E-state index in [0.29, 0.717) is 11.6 Å². The van der Waals surface area contributed by atoms with Crippen LogP contribution in [0.25, 0.3) is 0 Å². The molecule has 2 rings (SSSR count). The lowest BCUT2D eigenvalue weighted by Crippen LogP contribution is -2.38. The fourth-order valence-electron chi connectivity index (χ4n) is 1.58. The average Bonchev–Trinajstić information content (AvgIpc) is 2.93. The fraction of sp³-hybridized carbons (Fsp3) is 0.308. The van der Waals surface area contributed by atoms with Gasteiger partial charge in [0.25, 0.3) is 5.91 Å². The molecule has 1 aromatic carbocycles. The Morgan fingerprint density at radius 3 is 2.68 bits per heavy atom. The predicted octanol–water partition coefficient (Wildman–Crippen LogP) is 1.45. The average molecular weight is 260 g/mol. The van der Waals surface area contributed by atoms with E-state index in [1.807, 2.05) is 37.3 Å². The zero-order valence-corrected chi connectivity index (χ0v) is 10.8. The molecule has 0 bridgehead atoms. The monoisotopic (exact) mass is 260 g/mol. The molecule has 0 spiro atoms. The third-order valence-electron chi connectivity index (χ3n) is 2.63. The van der Waals surface area contributed by atoms with E-state index < -0.39 is 6.10 Å². The number of hydrogen-bond acceptors (Lipinski definition) is 4. The Morgan fingerprint density at radius 2 is 2.05 bits per heavy atom. The summed E-state index contributed by atoms with van der Waals surface area (Å²) in [6.07, 6.45) is 0.829. The van der Waals surface area contributed by atoms with Crippen LogP contribution in [0.1, 0.15) is 25.7 Å². The molecule has 2 aromatic rings. The molecule has 0 aliphatic carbocycles. The second kappa shape index (κ2) is 5.99. The number of aromatic amines is 1. The molecule has 0 fully saturated rings. The molecule has 1 heterocycles. The van der Waals surface area contributed by atoms with E-state index in [1.165, 1.54) is 6.33 Å². The highest BCUT2D eigenvalue weighted by Crippen LogP contribution is 2.11. The first-order chi connectivity index (χ1) is 9.16. The maximum absolute atomic E-state index is 12.0. The van der Waals surface area contributed by atoms with E-state index in [0.717, 1.165) is 0 Å². The summed E-state index contributed by atoms with van der Waals surface area (Å²) >= 11 is 0. The summed E-state index contributed by atoms with van der Waals surface area (Å²) < 4.78 is 5.54. The lowest BCUT2D eigenvalue weighted by molar-refractivity contribution is -0.128. The molecule has 1 aromatic heterocycles. The van der Waals surface area contributed by atoms with Crippen molar-refractivity contribution in [2.45, 2.75) is 26.0 Å². The van der Waals surface area contributed by atoms with Gasteiger partial charge < -0.3 is 10.1 Å². The van der Waals surface area contributed by atoms with E-state index in [4.69, 9.17) is 4.74 Å². The van der Waals surface area contributed by atoms with Crippen molar-refractivity contribution in [3.63, 3.8) is 0 Å². The van der Waals surface area contributed by atoms with Crippen molar-refractivity contribution in [1.82, 2.24) is 20.5 Å². The highest BCUT2D eigenvalue weighted by Gasteiger charge is 2.18. The van der Waals surface area contributed by atoms with Crippen molar-refractivity contribution < 1.29 is 9.53 Å². The lowest BCUT2D eigenvalue weighted by atomic mass is 10.3. The van der Waals surface area contributed by atoms with Crippen LogP contribution in [0.4, 0.5) is 0 Å². The molecule has 6 nitrogen and oxygen atoms in total. The minimum atomic E-state index is -0.576. The largest absolute Gasteiger partial charge is 0.481 e. The summed E-state index contributed by atoms with van der Waals surface area (Å²) in [5.74, 6) is 1.07. The Bertz CT molecular complexity index is 513. The van der Waals surface area contributed by atoms with Crippen LogP contribution in [0.2, 0.25) is 0 Å². The van der Waals surface area contributed by atoms with Gasteiger partial charge in [0.1, 0.15) is 17.9 Å². The Morgan fingerprint density at radius 1 is 1.32 bits per heavy atom. The fourth-order valence-corrected chi connectivity index (χ4v) is 1.58. The molecule has 2 N–H and O–H groups in total. The van der Waals surface area contributed by atoms with Gasteiger partial charge in [0.15, 0.2) is 6.10 Å². The molecule has 6 heteroatoms. The van der Waals surface area contributed by atoms with Gasteiger partial charge in [-0.25, -0.2) is 4.98 Å². The maximum Gasteiger partial charge on any atom is 0.261 e. The number of amides is 1. The molecule has 100 valence electrons. The Hall–Kier alpha value is -2.37. The topological polar surface area (TPSA) is 79.9 Å². The molecule has 0 aliphatic heterocycles. The zero-order valence-electron chi connectivity index (χ0n) is 10.8. The van der Waals surface area contributed by atoms with Gasteiger partial charge in [-0.1, -0.05) is 18.2 Å². The van der Waals surface area contributed by atoms with Gasteiger partial charge >= 0.3 is 0 Å². The molecular weight excluding hydrogens is 244 g/mol. The van der Waals surface area contributed by atoms with Crippen LogP contribution >= 0.6 is 0 Å². The summed E-state index contributed by atoms with van der Waals surface area (Å²) in [6.45, 7) is 3.53. The van der Waals surface area contributed by atoms with Gasteiger partial charge in [0, 0.05) is 0 Å². The molecule has 0 saturated heterocycles.